The molecule has 0 bridgehead atoms. The van der Waals surface area contributed by atoms with Gasteiger partial charge in [-0.2, -0.15) is 0 Å². The van der Waals surface area contributed by atoms with E-state index in [1.54, 1.807) is 11.8 Å². The molecule has 1 aliphatic heterocycles. The first-order chi connectivity index (χ1) is 7.11. The summed E-state index contributed by atoms with van der Waals surface area (Å²) in [7, 11) is 0. The molecule has 3 heteroatoms. The number of hydrogen-bond acceptors (Lipinski definition) is 2. The summed E-state index contributed by atoms with van der Waals surface area (Å²) in [6, 6.07) is 7.17. The molecule has 78 valence electrons. The zero-order valence-electron chi connectivity index (χ0n) is 8.86. The average Bonchev–Trinajstić information content (AvgIpc) is 2.56. The number of carbonyl (C=O) groups is 2. The van der Waals surface area contributed by atoms with Gasteiger partial charge in [0.25, 0.3) is 5.91 Å². The van der Waals surface area contributed by atoms with Crippen LogP contribution in [0.15, 0.2) is 24.3 Å². The molecule has 1 heterocycles. The molecule has 0 saturated heterocycles. The minimum atomic E-state index is -0.329. The lowest BCUT2D eigenvalue weighted by molar-refractivity contribution is -0.120. The summed E-state index contributed by atoms with van der Waals surface area (Å²) < 4.78 is 0. The highest BCUT2D eigenvalue weighted by Gasteiger charge is 2.31. The molecule has 2 rings (SSSR count). The molecule has 0 saturated carbocycles. The van der Waals surface area contributed by atoms with E-state index >= 15 is 0 Å². The SMILES string of the molecule is CC(=O)C(C)N1Cc2ccccc2C1=O. The van der Waals surface area contributed by atoms with Gasteiger partial charge >= 0.3 is 0 Å². The lowest BCUT2D eigenvalue weighted by Crippen LogP contribution is -2.37. The molecular weight excluding hydrogens is 190 g/mol. The molecule has 0 fully saturated rings. The Morgan fingerprint density at radius 2 is 2.07 bits per heavy atom. The molecule has 15 heavy (non-hydrogen) atoms. The van der Waals surface area contributed by atoms with Gasteiger partial charge in [0.15, 0.2) is 5.78 Å². The van der Waals surface area contributed by atoms with E-state index in [1.165, 1.54) is 6.92 Å². The van der Waals surface area contributed by atoms with Gasteiger partial charge in [0.2, 0.25) is 0 Å². The number of hydrogen-bond donors (Lipinski definition) is 0. The van der Waals surface area contributed by atoms with E-state index in [0.717, 1.165) is 11.1 Å². The van der Waals surface area contributed by atoms with Gasteiger partial charge < -0.3 is 4.90 Å². The predicted octanol–water partition coefficient (Wildman–Crippen LogP) is 1.62. The Hall–Kier alpha value is -1.64. The van der Waals surface area contributed by atoms with Gasteiger partial charge in [-0.1, -0.05) is 18.2 Å². The van der Waals surface area contributed by atoms with Crippen molar-refractivity contribution >= 4 is 11.7 Å². The van der Waals surface area contributed by atoms with Crippen molar-refractivity contribution in [2.75, 3.05) is 0 Å². The Balaban J connectivity index is 2.31. The van der Waals surface area contributed by atoms with Crippen LogP contribution in [0.3, 0.4) is 0 Å². The fraction of sp³-hybridized carbons (Fsp3) is 0.333. The van der Waals surface area contributed by atoms with Gasteiger partial charge in [-0.05, 0) is 25.5 Å². The molecule has 0 N–H and O–H groups in total. The molecule has 1 aromatic carbocycles. The summed E-state index contributed by atoms with van der Waals surface area (Å²) in [4.78, 5) is 24.8. The maximum absolute atomic E-state index is 11.9. The van der Waals surface area contributed by atoms with E-state index in [2.05, 4.69) is 0 Å². The van der Waals surface area contributed by atoms with E-state index < -0.39 is 0 Å². The Morgan fingerprint density at radius 1 is 1.40 bits per heavy atom. The highest BCUT2D eigenvalue weighted by Crippen LogP contribution is 2.24. The molecular formula is C12H13NO2. The summed E-state index contributed by atoms with van der Waals surface area (Å²) in [5, 5.41) is 0. The number of carbonyl (C=O) groups excluding carboxylic acids is 2. The number of nitrogens with zero attached hydrogens (tertiary/aromatic N) is 1. The first-order valence-electron chi connectivity index (χ1n) is 5.00. The quantitative estimate of drug-likeness (QED) is 0.732. The Labute approximate surface area is 88.7 Å². The van der Waals surface area contributed by atoms with Crippen molar-refractivity contribution in [3.63, 3.8) is 0 Å². The van der Waals surface area contributed by atoms with Gasteiger partial charge in [-0.25, -0.2) is 0 Å². The minimum Gasteiger partial charge on any atom is -0.325 e. The highest BCUT2D eigenvalue weighted by molar-refractivity contribution is 6.00. The number of rotatable bonds is 2. The van der Waals surface area contributed by atoms with Crippen molar-refractivity contribution in [1.29, 1.82) is 0 Å². The van der Waals surface area contributed by atoms with E-state index in [-0.39, 0.29) is 17.7 Å². The van der Waals surface area contributed by atoms with E-state index in [0.29, 0.717) is 6.54 Å². The molecule has 0 aromatic heterocycles. The number of amides is 1. The molecule has 0 aliphatic carbocycles. The third-order valence-electron chi connectivity index (χ3n) is 2.91. The zero-order valence-corrected chi connectivity index (χ0v) is 8.86. The first kappa shape index (κ1) is 9.90. The molecule has 1 aromatic rings. The Morgan fingerprint density at radius 3 is 2.67 bits per heavy atom. The molecule has 1 amide bonds. The van der Waals surface area contributed by atoms with Crippen LogP contribution in [-0.2, 0) is 11.3 Å². The third kappa shape index (κ3) is 1.54. The number of fused-ring (bicyclic) bond motifs is 1. The van der Waals surface area contributed by atoms with Crippen molar-refractivity contribution < 1.29 is 9.59 Å². The van der Waals surface area contributed by atoms with Crippen molar-refractivity contribution in [2.45, 2.75) is 26.4 Å². The zero-order chi connectivity index (χ0) is 11.0. The fourth-order valence-corrected chi connectivity index (χ4v) is 1.81. The van der Waals surface area contributed by atoms with Crippen molar-refractivity contribution in [3.8, 4) is 0 Å². The minimum absolute atomic E-state index is 0.0242. The van der Waals surface area contributed by atoms with E-state index in [1.807, 2.05) is 24.3 Å². The topological polar surface area (TPSA) is 37.4 Å². The van der Waals surface area contributed by atoms with Crippen LogP contribution >= 0.6 is 0 Å². The molecule has 3 nitrogen and oxygen atoms in total. The highest BCUT2D eigenvalue weighted by atomic mass is 16.2. The van der Waals surface area contributed by atoms with Crippen LogP contribution in [0.2, 0.25) is 0 Å². The van der Waals surface area contributed by atoms with Gasteiger partial charge in [-0.3, -0.25) is 9.59 Å². The first-order valence-corrected chi connectivity index (χ1v) is 5.00. The van der Waals surface area contributed by atoms with Crippen LogP contribution in [0, 0.1) is 0 Å². The number of Topliss-reactive ketones (excluding diaryl/α,β-unsaturated/α-hetero) is 1. The number of benzene rings is 1. The van der Waals surface area contributed by atoms with Crippen molar-refractivity contribution in [3.05, 3.63) is 35.4 Å². The van der Waals surface area contributed by atoms with Crippen LogP contribution < -0.4 is 0 Å². The second-order valence-electron chi connectivity index (χ2n) is 3.88. The predicted molar refractivity (Wildman–Crippen MR) is 56.5 cm³/mol. The third-order valence-corrected chi connectivity index (χ3v) is 2.91. The van der Waals surface area contributed by atoms with Crippen molar-refractivity contribution in [2.24, 2.45) is 0 Å². The molecule has 1 aliphatic rings. The molecule has 0 radical (unpaired) electrons. The van der Waals surface area contributed by atoms with Gasteiger partial charge in [0, 0.05) is 12.1 Å². The van der Waals surface area contributed by atoms with Crippen LogP contribution in [0.25, 0.3) is 0 Å². The fourth-order valence-electron chi connectivity index (χ4n) is 1.81. The monoisotopic (exact) mass is 203 g/mol. The standard InChI is InChI=1S/C12H13NO2/c1-8(9(2)14)13-7-10-5-3-4-6-11(10)12(13)15/h3-6,8H,7H2,1-2H3. The van der Waals surface area contributed by atoms with Crippen LogP contribution in [-0.4, -0.2) is 22.6 Å². The Kier molecular flexibility index (Phi) is 2.31. The van der Waals surface area contributed by atoms with Gasteiger partial charge in [0.1, 0.15) is 0 Å². The van der Waals surface area contributed by atoms with E-state index in [4.69, 9.17) is 0 Å². The van der Waals surface area contributed by atoms with Crippen LogP contribution in [0.4, 0.5) is 0 Å². The molecule has 1 unspecified atom stereocenters. The second-order valence-corrected chi connectivity index (χ2v) is 3.88. The lowest BCUT2D eigenvalue weighted by Gasteiger charge is -2.21. The summed E-state index contributed by atoms with van der Waals surface area (Å²) in [5.41, 5.74) is 1.74. The van der Waals surface area contributed by atoms with Gasteiger partial charge in [-0.15, -0.1) is 0 Å². The normalized spacial score (nSPS) is 16.4. The average molecular weight is 203 g/mol. The lowest BCUT2D eigenvalue weighted by atomic mass is 10.1. The Bertz CT molecular complexity index is 425. The number of ketones is 1. The van der Waals surface area contributed by atoms with Crippen molar-refractivity contribution in [1.82, 2.24) is 4.90 Å². The van der Waals surface area contributed by atoms with Crippen LogP contribution in [0.5, 0.6) is 0 Å². The largest absolute Gasteiger partial charge is 0.325 e. The second kappa shape index (κ2) is 3.50. The summed E-state index contributed by atoms with van der Waals surface area (Å²) >= 11 is 0. The van der Waals surface area contributed by atoms with Gasteiger partial charge in [0.05, 0.1) is 6.04 Å². The maximum Gasteiger partial charge on any atom is 0.255 e. The molecule has 0 spiro atoms. The van der Waals surface area contributed by atoms with E-state index in [9.17, 15) is 9.59 Å². The maximum atomic E-state index is 11.9. The summed E-state index contributed by atoms with van der Waals surface area (Å²) in [6.07, 6.45) is 0. The smallest absolute Gasteiger partial charge is 0.255 e. The van der Waals surface area contributed by atoms with Crippen LogP contribution in [0.1, 0.15) is 29.8 Å². The summed E-state index contributed by atoms with van der Waals surface area (Å²) in [5.74, 6) is -0.00976. The molecule has 1 atom stereocenters. The summed E-state index contributed by atoms with van der Waals surface area (Å²) in [6.45, 7) is 3.84.